The largest absolute Gasteiger partial charge is 0.228 e. The van der Waals surface area contributed by atoms with E-state index < -0.39 is 0 Å². The molecule has 0 atom stereocenters. The van der Waals surface area contributed by atoms with Crippen LogP contribution in [0.3, 0.4) is 0 Å². The molecule has 0 unspecified atom stereocenters. The monoisotopic (exact) mass is 639 g/mol. The Balaban J connectivity index is 1.35. The second-order valence-electron chi connectivity index (χ2n) is 12.1. The van der Waals surface area contributed by atoms with E-state index >= 15 is 0 Å². The van der Waals surface area contributed by atoms with E-state index in [-0.39, 0.29) is 0 Å². The summed E-state index contributed by atoms with van der Waals surface area (Å²) in [4.78, 5) is 25.8. The molecule has 0 spiro atoms. The van der Waals surface area contributed by atoms with Gasteiger partial charge in [0.15, 0.2) is 23.3 Å². The van der Waals surface area contributed by atoms with Gasteiger partial charge in [-0.25, -0.2) is 24.9 Å². The normalized spacial score (nSPS) is 11.2. The zero-order valence-electron chi connectivity index (χ0n) is 27.0. The first-order valence-corrected chi connectivity index (χ1v) is 16.6. The van der Waals surface area contributed by atoms with Crippen molar-refractivity contribution in [1.29, 1.82) is 0 Å². The van der Waals surface area contributed by atoms with E-state index in [0.717, 1.165) is 66.3 Å². The Bertz CT molecular complexity index is 2270. The van der Waals surface area contributed by atoms with Crippen LogP contribution in [0.2, 0.25) is 0 Å². The third-order valence-corrected chi connectivity index (χ3v) is 8.94. The van der Waals surface area contributed by atoms with E-state index in [9.17, 15) is 0 Å². The van der Waals surface area contributed by atoms with Crippen LogP contribution in [-0.4, -0.2) is 24.9 Å². The smallest absolute Gasteiger partial charge is 0.165 e. The van der Waals surface area contributed by atoms with Crippen LogP contribution in [0.25, 0.3) is 89.6 Å². The summed E-state index contributed by atoms with van der Waals surface area (Å²) in [5, 5.41) is 4.07. The Morgan fingerprint density at radius 3 is 0.880 bits per heavy atom. The molecule has 0 saturated heterocycles. The Labute approximate surface area is 289 Å². The summed E-state index contributed by atoms with van der Waals surface area (Å²) in [6, 6.07) is 59.7. The van der Waals surface area contributed by atoms with E-state index in [1.807, 2.05) is 97.1 Å². The van der Waals surface area contributed by atoms with Gasteiger partial charge in [-0.05, 0) is 27.6 Å². The van der Waals surface area contributed by atoms with Gasteiger partial charge in [0.1, 0.15) is 0 Å². The van der Waals surface area contributed by atoms with Gasteiger partial charge in [-0.3, -0.25) is 0 Å². The topological polar surface area (TPSA) is 64.5 Å². The maximum Gasteiger partial charge on any atom is 0.165 e. The minimum Gasteiger partial charge on any atom is -0.228 e. The van der Waals surface area contributed by atoms with Gasteiger partial charge in [0.05, 0.1) is 11.4 Å². The Morgan fingerprint density at radius 1 is 0.240 bits per heavy atom. The van der Waals surface area contributed by atoms with Crippen LogP contribution in [0.4, 0.5) is 0 Å². The number of rotatable bonds is 6. The molecule has 2 aromatic heterocycles. The third-order valence-electron chi connectivity index (χ3n) is 8.94. The van der Waals surface area contributed by atoms with Gasteiger partial charge in [-0.15, -0.1) is 0 Å². The van der Waals surface area contributed by atoms with E-state index in [1.165, 1.54) is 0 Å². The molecule has 0 bridgehead atoms. The number of fused-ring (bicyclic) bond motifs is 2. The molecule has 0 amide bonds. The summed E-state index contributed by atoms with van der Waals surface area (Å²) in [7, 11) is 0. The van der Waals surface area contributed by atoms with Crippen LogP contribution in [0.15, 0.2) is 176 Å². The second-order valence-corrected chi connectivity index (χ2v) is 12.1. The minimum atomic E-state index is 0.612. The van der Waals surface area contributed by atoms with E-state index in [1.54, 1.807) is 0 Å². The molecule has 7 aromatic carbocycles. The van der Waals surface area contributed by atoms with Crippen LogP contribution in [-0.2, 0) is 0 Å². The fourth-order valence-electron chi connectivity index (χ4n) is 6.60. The summed E-state index contributed by atoms with van der Waals surface area (Å²) >= 11 is 0. The molecular weight excluding hydrogens is 611 g/mol. The van der Waals surface area contributed by atoms with Crippen molar-refractivity contribution >= 4 is 21.5 Å². The Hall–Kier alpha value is -6.85. The summed E-state index contributed by atoms with van der Waals surface area (Å²) < 4.78 is 0. The van der Waals surface area contributed by atoms with Gasteiger partial charge in [0, 0.05) is 33.4 Å². The van der Waals surface area contributed by atoms with Crippen molar-refractivity contribution in [3.63, 3.8) is 0 Å². The molecule has 0 fully saturated rings. The van der Waals surface area contributed by atoms with Gasteiger partial charge in [0.2, 0.25) is 0 Å². The third kappa shape index (κ3) is 5.37. The fraction of sp³-hybridized carbons (Fsp3) is 0. The summed E-state index contributed by atoms with van der Waals surface area (Å²) in [5.74, 6) is 2.52. The predicted molar refractivity (Wildman–Crippen MR) is 203 cm³/mol. The molecule has 0 N–H and O–H groups in total. The molecule has 0 aliphatic rings. The second kappa shape index (κ2) is 12.6. The van der Waals surface area contributed by atoms with Crippen molar-refractivity contribution in [2.45, 2.75) is 0 Å². The number of benzene rings is 7. The van der Waals surface area contributed by atoms with Crippen molar-refractivity contribution in [2.24, 2.45) is 0 Å². The van der Waals surface area contributed by atoms with Crippen LogP contribution < -0.4 is 0 Å². The Morgan fingerprint density at radius 2 is 0.520 bits per heavy atom. The number of hydrogen-bond donors (Lipinski definition) is 0. The van der Waals surface area contributed by atoms with Crippen LogP contribution in [0.1, 0.15) is 0 Å². The molecular formula is C45H29N5. The lowest BCUT2D eigenvalue weighted by molar-refractivity contribution is 1.08. The maximum absolute atomic E-state index is 5.26. The quantitative estimate of drug-likeness (QED) is 0.169. The van der Waals surface area contributed by atoms with Gasteiger partial charge >= 0.3 is 0 Å². The van der Waals surface area contributed by atoms with E-state index in [0.29, 0.717) is 23.3 Å². The average Bonchev–Trinajstić information content (AvgIpc) is 3.21. The molecule has 9 rings (SSSR count). The predicted octanol–water partition coefficient (Wildman–Crippen LogP) is 11.0. The van der Waals surface area contributed by atoms with Crippen molar-refractivity contribution < 1.29 is 0 Å². The zero-order chi connectivity index (χ0) is 33.3. The average molecular weight is 640 g/mol. The molecule has 234 valence electrons. The zero-order valence-corrected chi connectivity index (χ0v) is 27.0. The molecule has 0 aliphatic carbocycles. The molecule has 9 aromatic rings. The molecule has 0 saturated carbocycles. The molecule has 2 heterocycles. The molecule has 50 heavy (non-hydrogen) atoms. The van der Waals surface area contributed by atoms with Gasteiger partial charge in [-0.2, -0.15) is 0 Å². The van der Waals surface area contributed by atoms with Gasteiger partial charge in [0.25, 0.3) is 0 Å². The van der Waals surface area contributed by atoms with Crippen molar-refractivity contribution in [2.75, 3.05) is 0 Å². The maximum atomic E-state index is 5.26. The molecule has 5 heteroatoms. The van der Waals surface area contributed by atoms with Crippen LogP contribution in [0, 0.1) is 0 Å². The van der Waals surface area contributed by atoms with E-state index in [2.05, 4.69) is 78.9 Å². The summed E-state index contributed by atoms with van der Waals surface area (Å²) in [6.07, 6.45) is 0. The highest BCUT2D eigenvalue weighted by Crippen LogP contribution is 2.43. The highest BCUT2D eigenvalue weighted by molar-refractivity contribution is 6.20. The molecule has 5 nitrogen and oxygen atoms in total. The molecule has 0 radical (unpaired) electrons. The van der Waals surface area contributed by atoms with Crippen LogP contribution in [0.5, 0.6) is 0 Å². The van der Waals surface area contributed by atoms with Gasteiger partial charge in [-0.1, -0.05) is 170 Å². The van der Waals surface area contributed by atoms with Crippen molar-refractivity contribution in [1.82, 2.24) is 24.9 Å². The Kier molecular flexibility index (Phi) is 7.41. The highest BCUT2D eigenvalue weighted by atomic mass is 15.0. The summed E-state index contributed by atoms with van der Waals surface area (Å²) in [5.41, 5.74) is 7.57. The minimum absolute atomic E-state index is 0.612. The van der Waals surface area contributed by atoms with Crippen molar-refractivity contribution in [3.8, 4) is 68.1 Å². The number of nitrogens with zero attached hydrogens (tertiary/aromatic N) is 5. The molecule has 0 aliphatic heterocycles. The lowest BCUT2D eigenvalue weighted by atomic mass is 9.90. The first-order chi connectivity index (χ1) is 24.8. The first-order valence-electron chi connectivity index (χ1n) is 16.6. The highest BCUT2D eigenvalue weighted by Gasteiger charge is 2.22. The first kappa shape index (κ1) is 29.3. The standard InChI is InChI=1S/C45H29N5/c1-5-17-30(18-6-1)38-29-39(31-19-7-2-8-20-31)47-44(46-38)40-34-25-13-15-27-36(34)41(37-28-16-14-26-35(37)40)45-49-42(32-21-9-3-10-22-32)48-43(50-45)33-23-11-4-12-24-33/h1-29H. The van der Waals surface area contributed by atoms with Crippen LogP contribution >= 0.6 is 0 Å². The summed E-state index contributed by atoms with van der Waals surface area (Å²) in [6.45, 7) is 0. The lowest BCUT2D eigenvalue weighted by Crippen LogP contribution is -2.02. The number of aromatic nitrogens is 5. The number of hydrogen-bond acceptors (Lipinski definition) is 5. The fourth-order valence-corrected chi connectivity index (χ4v) is 6.60. The van der Waals surface area contributed by atoms with E-state index in [4.69, 9.17) is 24.9 Å². The van der Waals surface area contributed by atoms with Gasteiger partial charge < -0.3 is 0 Å². The van der Waals surface area contributed by atoms with Crippen molar-refractivity contribution in [3.05, 3.63) is 176 Å². The SMILES string of the molecule is c1ccc(-c2cc(-c3ccccc3)nc(-c3c4ccccc4c(-c4nc(-c5ccccc5)nc(-c5ccccc5)n4)c4ccccc34)n2)cc1. The lowest BCUT2D eigenvalue weighted by Gasteiger charge is -2.17.